The average molecular weight is 625 g/mol. The fourth-order valence-corrected chi connectivity index (χ4v) is 6.70. The minimum Gasteiger partial charge on any atom is -0.493 e. The van der Waals surface area contributed by atoms with Gasteiger partial charge in [-0.25, -0.2) is 9.79 Å². The summed E-state index contributed by atoms with van der Waals surface area (Å²) in [5.41, 5.74) is 4.33. The molecule has 10 heteroatoms. The highest BCUT2D eigenvalue weighted by atomic mass is 79.9. The third-order valence-corrected chi connectivity index (χ3v) is 8.79. The van der Waals surface area contributed by atoms with Crippen LogP contribution in [0.3, 0.4) is 0 Å². The van der Waals surface area contributed by atoms with E-state index in [1.165, 1.54) is 11.3 Å². The number of hydrogen-bond acceptors (Lipinski definition) is 7. The molecular weight excluding hydrogens is 594 g/mol. The first-order valence-electron chi connectivity index (χ1n) is 13.0. The number of benzene rings is 2. The summed E-state index contributed by atoms with van der Waals surface area (Å²) in [6, 6.07) is 10.9. The van der Waals surface area contributed by atoms with E-state index in [4.69, 9.17) is 19.2 Å². The Kier molecular flexibility index (Phi) is 7.74. The van der Waals surface area contributed by atoms with Crippen molar-refractivity contribution in [2.75, 3.05) is 20.3 Å². The summed E-state index contributed by atoms with van der Waals surface area (Å²) in [5, 5.41) is 1.06. The molecule has 0 saturated carbocycles. The number of ether oxygens (including phenoxy) is 3. The van der Waals surface area contributed by atoms with Crippen molar-refractivity contribution >= 4 is 50.2 Å². The van der Waals surface area contributed by atoms with Gasteiger partial charge in [-0.1, -0.05) is 45.5 Å². The molecule has 1 aliphatic rings. The SMILES string of the molecule is CCOC(=O)C1=C(C)N=c2s/c(=C/c3c(C)n(C)c4ccccc34)c(=O)n2[C@@H]1c1cc(OC)c(OCC)cc1Br. The molecule has 208 valence electrons. The summed E-state index contributed by atoms with van der Waals surface area (Å²) < 4.78 is 21.7. The fourth-order valence-electron chi connectivity index (χ4n) is 5.14. The largest absolute Gasteiger partial charge is 0.493 e. The lowest BCUT2D eigenvalue weighted by molar-refractivity contribution is -0.139. The number of aromatic nitrogens is 2. The molecule has 0 bridgehead atoms. The molecule has 0 N–H and O–H groups in total. The molecule has 0 fully saturated rings. The molecule has 0 unspecified atom stereocenters. The van der Waals surface area contributed by atoms with Crippen LogP contribution in [-0.2, 0) is 16.6 Å². The number of methoxy groups -OCH3 is 1. The zero-order valence-electron chi connectivity index (χ0n) is 23.2. The Labute approximate surface area is 244 Å². The number of hydrogen-bond donors (Lipinski definition) is 0. The van der Waals surface area contributed by atoms with E-state index < -0.39 is 12.0 Å². The van der Waals surface area contributed by atoms with Crippen LogP contribution in [0.4, 0.5) is 0 Å². The van der Waals surface area contributed by atoms with Gasteiger partial charge < -0.3 is 18.8 Å². The molecule has 0 radical (unpaired) electrons. The molecule has 0 aliphatic carbocycles. The standard InChI is InChI=1S/C30H30BrN3O5S/c1-7-38-24-15-21(31)20(13-23(24)37-6)27-26(29(36)39-8-2)16(3)32-30-34(27)28(35)25(40-30)14-19-17(4)33(5)22-12-10-9-11-18(19)22/h9-15,27H,7-8H2,1-6H3/b25-14+/t27-/m1/s1. The highest BCUT2D eigenvalue weighted by Crippen LogP contribution is 2.41. The second-order valence-electron chi connectivity index (χ2n) is 9.34. The maximum atomic E-state index is 14.2. The van der Waals surface area contributed by atoms with E-state index >= 15 is 0 Å². The number of carbonyl (C=O) groups is 1. The third-order valence-electron chi connectivity index (χ3n) is 7.12. The second kappa shape index (κ2) is 11.1. The molecule has 2 aromatic heterocycles. The average Bonchev–Trinajstić information content (AvgIpc) is 3.36. The first-order valence-corrected chi connectivity index (χ1v) is 14.6. The van der Waals surface area contributed by atoms with Crippen molar-refractivity contribution in [1.29, 1.82) is 0 Å². The number of para-hydroxylation sites is 1. The van der Waals surface area contributed by atoms with Gasteiger partial charge in [0.2, 0.25) is 0 Å². The van der Waals surface area contributed by atoms with Crippen LogP contribution in [0.5, 0.6) is 11.5 Å². The zero-order valence-corrected chi connectivity index (χ0v) is 25.6. The Hall–Kier alpha value is -3.63. The summed E-state index contributed by atoms with van der Waals surface area (Å²) >= 11 is 4.97. The number of aryl methyl sites for hydroxylation is 1. The van der Waals surface area contributed by atoms with E-state index in [2.05, 4.69) is 32.6 Å². The molecule has 0 spiro atoms. The molecule has 40 heavy (non-hydrogen) atoms. The van der Waals surface area contributed by atoms with E-state index in [1.54, 1.807) is 37.7 Å². The number of halogens is 1. The van der Waals surface area contributed by atoms with Crippen molar-refractivity contribution in [1.82, 2.24) is 9.13 Å². The number of nitrogens with zero attached hydrogens (tertiary/aromatic N) is 3. The number of fused-ring (bicyclic) bond motifs is 2. The first-order chi connectivity index (χ1) is 19.2. The molecular formula is C30H30BrN3O5S. The smallest absolute Gasteiger partial charge is 0.338 e. The van der Waals surface area contributed by atoms with Crippen LogP contribution in [0.15, 0.2) is 61.9 Å². The van der Waals surface area contributed by atoms with Gasteiger partial charge in [-0.2, -0.15) is 0 Å². The third kappa shape index (κ3) is 4.58. The Balaban J connectivity index is 1.79. The summed E-state index contributed by atoms with van der Waals surface area (Å²) in [7, 11) is 3.57. The van der Waals surface area contributed by atoms with Crippen LogP contribution in [0.2, 0.25) is 0 Å². The Morgan fingerprint density at radius 1 is 1.15 bits per heavy atom. The van der Waals surface area contributed by atoms with E-state index in [9.17, 15) is 9.59 Å². The van der Waals surface area contributed by atoms with Gasteiger partial charge >= 0.3 is 5.97 Å². The molecule has 5 rings (SSSR count). The van der Waals surface area contributed by atoms with Crippen LogP contribution in [0, 0.1) is 6.92 Å². The van der Waals surface area contributed by atoms with Crippen LogP contribution in [0.25, 0.3) is 17.0 Å². The normalized spacial score (nSPS) is 15.3. The second-order valence-corrected chi connectivity index (χ2v) is 11.2. The number of allylic oxidation sites excluding steroid dienone is 1. The summed E-state index contributed by atoms with van der Waals surface area (Å²) in [6.45, 7) is 8.10. The topological polar surface area (TPSA) is 84.1 Å². The lowest BCUT2D eigenvalue weighted by Crippen LogP contribution is -2.40. The molecule has 8 nitrogen and oxygen atoms in total. The molecule has 1 atom stereocenters. The summed E-state index contributed by atoms with van der Waals surface area (Å²) in [5.74, 6) is 0.525. The van der Waals surface area contributed by atoms with Gasteiger partial charge in [-0.3, -0.25) is 9.36 Å². The van der Waals surface area contributed by atoms with Crippen LogP contribution in [0.1, 0.15) is 43.6 Å². The fraction of sp³-hybridized carbons (Fsp3) is 0.300. The van der Waals surface area contributed by atoms with Crippen LogP contribution < -0.4 is 24.4 Å². The van der Waals surface area contributed by atoms with Crippen molar-refractivity contribution in [3.8, 4) is 11.5 Å². The molecule has 1 aliphatic heterocycles. The highest BCUT2D eigenvalue weighted by Gasteiger charge is 2.35. The number of esters is 1. The lowest BCUT2D eigenvalue weighted by Gasteiger charge is -2.26. The Morgan fingerprint density at radius 3 is 2.60 bits per heavy atom. The number of carbonyl (C=O) groups excluding carboxylic acids is 1. The van der Waals surface area contributed by atoms with Gasteiger partial charge in [0.05, 0.1) is 42.2 Å². The van der Waals surface area contributed by atoms with Crippen molar-refractivity contribution < 1.29 is 19.0 Å². The van der Waals surface area contributed by atoms with Crippen molar-refractivity contribution in [2.24, 2.45) is 12.0 Å². The molecule has 4 aromatic rings. The van der Waals surface area contributed by atoms with E-state index in [0.717, 1.165) is 22.2 Å². The van der Waals surface area contributed by atoms with Crippen molar-refractivity contribution in [2.45, 2.75) is 33.7 Å². The van der Waals surface area contributed by atoms with E-state index in [0.29, 0.717) is 48.7 Å². The molecule has 2 aromatic carbocycles. The summed E-state index contributed by atoms with van der Waals surface area (Å²) in [4.78, 5) is 32.7. The number of thiazole rings is 1. The number of rotatable bonds is 7. The van der Waals surface area contributed by atoms with Gasteiger partial charge in [0.25, 0.3) is 5.56 Å². The first kappa shape index (κ1) is 27.9. The highest BCUT2D eigenvalue weighted by molar-refractivity contribution is 9.10. The van der Waals surface area contributed by atoms with Gasteiger partial charge in [0.1, 0.15) is 0 Å². The van der Waals surface area contributed by atoms with Gasteiger partial charge in [-0.05, 0) is 57.5 Å². The zero-order chi connectivity index (χ0) is 28.7. The van der Waals surface area contributed by atoms with Gasteiger partial charge in [0, 0.05) is 33.7 Å². The van der Waals surface area contributed by atoms with Gasteiger partial charge in [-0.15, -0.1) is 0 Å². The monoisotopic (exact) mass is 623 g/mol. The minimum absolute atomic E-state index is 0.195. The summed E-state index contributed by atoms with van der Waals surface area (Å²) in [6.07, 6.45) is 1.93. The van der Waals surface area contributed by atoms with Crippen molar-refractivity contribution in [3.05, 3.63) is 88.6 Å². The lowest BCUT2D eigenvalue weighted by atomic mass is 9.95. The Morgan fingerprint density at radius 2 is 1.90 bits per heavy atom. The quantitative estimate of drug-likeness (QED) is 0.277. The van der Waals surface area contributed by atoms with Crippen molar-refractivity contribution in [3.63, 3.8) is 0 Å². The van der Waals surface area contributed by atoms with E-state index in [-0.39, 0.29) is 12.2 Å². The van der Waals surface area contributed by atoms with E-state index in [1.807, 2.05) is 39.1 Å². The minimum atomic E-state index is -0.787. The van der Waals surface area contributed by atoms with Crippen LogP contribution >= 0.6 is 27.3 Å². The molecule has 0 saturated heterocycles. The maximum absolute atomic E-state index is 14.2. The molecule has 0 amide bonds. The maximum Gasteiger partial charge on any atom is 0.338 e. The predicted octanol–water partition coefficient (Wildman–Crippen LogP) is 4.77. The predicted molar refractivity (Wildman–Crippen MR) is 160 cm³/mol. The van der Waals surface area contributed by atoms with Gasteiger partial charge in [0.15, 0.2) is 16.3 Å². The Bertz CT molecular complexity index is 1860. The van der Waals surface area contributed by atoms with Crippen LogP contribution in [-0.4, -0.2) is 35.4 Å². The molecule has 3 heterocycles.